The van der Waals surface area contributed by atoms with Gasteiger partial charge in [0.15, 0.2) is 23.4 Å². The molecule has 0 spiro atoms. The molecule has 2 atom stereocenters. The number of nitrogens with one attached hydrogen (secondary N) is 1. The van der Waals surface area contributed by atoms with E-state index in [1.165, 1.54) is 38.3 Å². The minimum atomic E-state index is -3.50. The zero-order valence-corrected chi connectivity index (χ0v) is 19.0. The van der Waals surface area contributed by atoms with E-state index in [1.807, 2.05) is 0 Å². The molecule has 10 nitrogen and oxygen atoms in total. The van der Waals surface area contributed by atoms with Crippen molar-refractivity contribution in [3.05, 3.63) is 17.7 Å². The Hall–Kier alpha value is -1.97. The standard InChI is InChI=1S/C19H29N2O8P/c1-7-27-30(24,28-8-2)18-11-17(29-21(18)4)19(23)20-14-10-16(26-6)15(25-5)9-13(14)12(3)22/h9-10,17-18H,7-8,11H2,1-6H3,(H,20,23)/t17-,18-/m1/s1. The molecule has 1 aromatic rings. The predicted octanol–water partition coefficient (Wildman–Crippen LogP) is 3.07. The minimum absolute atomic E-state index is 0.0995. The number of hydrogen-bond donors (Lipinski definition) is 1. The van der Waals surface area contributed by atoms with Crippen molar-refractivity contribution in [2.24, 2.45) is 0 Å². The van der Waals surface area contributed by atoms with Gasteiger partial charge in [-0.25, -0.2) is 0 Å². The summed E-state index contributed by atoms with van der Waals surface area (Å²) >= 11 is 0. The van der Waals surface area contributed by atoms with Gasteiger partial charge in [-0.05, 0) is 26.8 Å². The maximum atomic E-state index is 13.1. The molecule has 1 N–H and O–H groups in total. The Labute approximate surface area is 176 Å². The molecule has 0 aromatic heterocycles. The summed E-state index contributed by atoms with van der Waals surface area (Å²) in [6.45, 7) is 5.21. The Kier molecular flexibility index (Phi) is 8.40. The summed E-state index contributed by atoms with van der Waals surface area (Å²) in [4.78, 5) is 30.5. The summed E-state index contributed by atoms with van der Waals surface area (Å²) in [5.41, 5.74) is 0.524. The highest BCUT2D eigenvalue weighted by molar-refractivity contribution is 7.54. The van der Waals surface area contributed by atoms with Gasteiger partial charge in [-0.1, -0.05) is 0 Å². The first-order valence-electron chi connectivity index (χ1n) is 9.56. The zero-order chi connectivity index (χ0) is 22.5. The molecule has 1 saturated heterocycles. The molecule has 0 radical (unpaired) electrons. The summed E-state index contributed by atoms with van der Waals surface area (Å²) in [6.07, 6.45) is -0.843. The Morgan fingerprint density at radius 1 is 1.17 bits per heavy atom. The normalized spacial score (nSPS) is 19.5. The highest BCUT2D eigenvalue weighted by Crippen LogP contribution is 2.57. The Morgan fingerprint density at radius 2 is 1.73 bits per heavy atom. The third-order valence-electron chi connectivity index (χ3n) is 4.57. The van der Waals surface area contributed by atoms with Crippen molar-refractivity contribution >= 4 is 25.0 Å². The van der Waals surface area contributed by atoms with E-state index in [9.17, 15) is 14.2 Å². The quantitative estimate of drug-likeness (QED) is 0.430. The summed E-state index contributed by atoms with van der Waals surface area (Å²) in [5.74, 6) is -0.764. The molecule has 1 amide bonds. The fraction of sp³-hybridized carbons (Fsp3) is 0.579. The van der Waals surface area contributed by atoms with Crippen LogP contribution in [0.25, 0.3) is 0 Å². The largest absolute Gasteiger partial charge is 0.493 e. The SMILES string of the molecule is CCOP(=O)(OCC)[C@@H]1C[C@H](C(=O)Nc2cc(OC)c(OC)cc2C(C)=O)ON1C. The number of methoxy groups -OCH3 is 2. The molecule has 30 heavy (non-hydrogen) atoms. The first-order valence-corrected chi connectivity index (χ1v) is 11.2. The van der Waals surface area contributed by atoms with E-state index < -0.39 is 25.4 Å². The van der Waals surface area contributed by atoms with E-state index in [1.54, 1.807) is 20.9 Å². The van der Waals surface area contributed by atoms with Crippen LogP contribution in [0.2, 0.25) is 0 Å². The summed E-state index contributed by atoms with van der Waals surface area (Å²) in [6, 6.07) is 3.01. The molecule has 1 aliphatic heterocycles. The lowest BCUT2D eigenvalue weighted by Gasteiger charge is -2.25. The van der Waals surface area contributed by atoms with Crippen LogP contribution in [0, 0.1) is 0 Å². The number of Topliss-reactive ketones (excluding diaryl/α,β-unsaturated/α-hetero) is 1. The second-order valence-electron chi connectivity index (χ2n) is 6.53. The van der Waals surface area contributed by atoms with Gasteiger partial charge in [-0.3, -0.25) is 19.0 Å². The van der Waals surface area contributed by atoms with Crippen LogP contribution in [0.1, 0.15) is 37.6 Å². The van der Waals surface area contributed by atoms with Crippen molar-refractivity contribution in [2.45, 2.75) is 39.1 Å². The number of hydrogen-bond acceptors (Lipinski definition) is 9. The number of carbonyl (C=O) groups is 2. The number of anilines is 1. The maximum absolute atomic E-state index is 13.1. The van der Waals surface area contributed by atoms with E-state index in [0.29, 0.717) is 11.5 Å². The first kappa shape index (κ1) is 24.3. The number of ketones is 1. The van der Waals surface area contributed by atoms with Crippen molar-refractivity contribution in [3.63, 3.8) is 0 Å². The number of nitrogens with zero attached hydrogens (tertiary/aromatic N) is 1. The monoisotopic (exact) mass is 444 g/mol. The number of benzene rings is 1. The number of hydroxylamine groups is 2. The molecule has 11 heteroatoms. The average Bonchev–Trinajstić information content (AvgIpc) is 3.10. The van der Waals surface area contributed by atoms with Gasteiger partial charge in [-0.2, -0.15) is 5.06 Å². The number of carbonyl (C=O) groups excluding carboxylic acids is 2. The van der Waals surface area contributed by atoms with Gasteiger partial charge in [0.2, 0.25) is 0 Å². The molecule has 1 aromatic carbocycles. The van der Waals surface area contributed by atoms with Crippen LogP contribution in [-0.4, -0.2) is 63.1 Å². The molecule has 168 valence electrons. The van der Waals surface area contributed by atoms with Crippen molar-refractivity contribution in [1.82, 2.24) is 5.06 Å². The smallest absolute Gasteiger partial charge is 0.350 e. The van der Waals surface area contributed by atoms with Gasteiger partial charge in [0.05, 0.1) is 33.1 Å². The van der Waals surface area contributed by atoms with Crippen molar-refractivity contribution < 1.29 is 37.5 Å². The summed E-state index contributed by atoms with van der Waals surface area (Å²) < 4.78 is 34.3. The van der Waals surface area contributed by atoms with Crippen LogP contribution < -0.4 is 14.8 Å². The lowest BCUT2D eigenvalue weighted by Crippen LogP contribution is -2.29. The third-order valence-corrected chi connectivity index (χ3v) is 7.08. The molecule has 0 aliphatic carbocycles. The molecule has 0 bridgehead atoms. The van der Waals surface area contributed by atoms with Crippen LogP contribution in [0.3, 0.4) is 0 Å². The molecule has 2 rings (SSSR count). The maximum Gasteiger partial charge on any atom is 0.350 e. The second kappa shape index (κ2) is 10.4. The summed E-state index contributed by atoms with van der Waals surface area (Å²) in [7, 11) is 0.978. The van der Waals surface area contributed by atoms with Crippen molar-refractivity contribution in [1.29, 1.82) is 0 Å². The van der Waals surface area contributed by atoms with Crippen LogP contribution in [0.4, 0.5) is 5.69 Å². The van der Waals surface area contributed by atoms with E-state index in [-0.39, 0.29) is 36.7 Å². The van der Waals surface area contributed by atoms with Crippen LogP contribution in [-0.2, 0) is 23.2 Å². The Balaban J connectivity index is 2.25. The fourth-order valence-corrected chi connectivity index (χ4v) is 5.23. The molecular formula is C19H29N2O8P. The number of amides is 1. The van der Waals surface area contributed by atoms with Crippen LogP contribution in [0.5, 0.6) is 11.5 Å². The molecular weight excluding hydrogens is 415 g/mol. The number of rotatable bonds is 10. The van der Waals surface area contributed by atoms with Crippen LogP contribution in [0.15, 0.2) is 12.1 Å². The van der Waals surface area contributed by atoms with Crippen molar-refractivity contribution in [3.8, 4) is 11.5 Å². The predicted molar refractivity (Wildman–Crippen MR) is 110 cm³/mol. The van der Waals surface area contributed by atoms with E-state index >= 15 is 0 Å². The first-order chi connectivity index (χ1) is 14.2. The Bertz CT molecular complexity index is 821. The molecule has 1 heterocycles. The third kappa shape index (κ3) is 5.19. The van der Waals surface area contributed by atoms with Crippen LogP contribution >= 0.6 is 7.60 Å². The molecule has 0 saturated carbocycles. The molecule has 1 fully saturated rings. The van der Waals surface area contributed by atoms with Gasteiger partial charge < -0.3 is 23.8 Å². The lowest BCUT2D eigenvalue weighted by molar-refractivity contribution is -0.155. The highest BCUT2D eigenvalue weighted by atomic mass is 31.2. The van der Waals surface area contributed by atoms with Gasteiger partial charge >= 0.3 is 7.60 Å². The number of ether oxygens (including phenoxy) is 2. The van der Waals surface area contributed by atoms with Gasteiger partial charge in [0.1, 0.15) is 5.78 Å². The lowest BCUT2D eigenvalue weighted by atomic mass is 10.1. The van der Waals surface area contributed by atoms with Gasteiger partial charge in [0, 0.05) is 25.1 Å². The van der Waals surface area contributed by atoms with Gasteiger partial charge in [-0.15, -0.1) is 0 Å². The Morgan fingerprint density at radius 3 is 2.23 bits per heavy atom. The fourth-order valence-electron chi connectivity index (χ4n) is 3.19. The summed E-state index contributed by atoms with van der Waals surface area (Å²) in [5, 5.41) is 4.03. The highest BCUT2D eigenvalue weighted by Gasteiger charge is 2.48. The van der Waals surface area contributed by atoms with Gasteiger partial charge in [0.25, 0.3) is 5.91 Å². The molecule has 1 aliphatic rings. The van der Waals surface area contributed by atoms with E-state index in [4.69, 9.17) is 23.4 Å². The molecule has 0 unspecified atom stereocenters. The minimum Gasteiger partial charge on any atom is -0.493 e. The van der Waals surface area contributed by atoms with Crippen molar-refractivity contribution in [2.75, 3.05) is 39.8 Å². The topological polar surface area (TPSA) is 113 Å². The van der Waals surface area contributed by atoms with E-state index in [2.05, 4.69) is 5.32 Å². The zero-order valence-electron chi connectivity index (χ0n) is 18.1. The second-order valence-corrected chi connectivity index (χ2v) is 8.72. The van der Waals surface area contributed by atoms with E-state index in [0.717, 1.165) is 0 Å². The average molecular weight is 444 g/mol.